The van der Waals surface area contributed by atoms with Gasteiger partial charge in [0.05, 0.1) is 6.20 Å². The Balaban J connectivity index is 1.93. The molecule has 3 nitrogen and oxygen atoms in total. The summed E-state index contributed by atoms with van der Waals surface area (Å²) >= 11 is 0. The van der Waals surface area contributed by atoms with E-state index in [-0.39, 0.29) is 5.82 Å². The van der Waals surface area contributed by atoms with Crippen LogP contribution in [0.1, 0.15) is 24.5 Å². The number of hydrogen-bond donors (Lipinski definition) is 1. The molecular formula is C11H10FN3. The molecule has 0 atom stereocenters. The molecule has 1 saturated carbocycles. The number of hydrogen-bond acceptors (Lipinski definition) is 2. The van der Waals surface area contributed by atoms with Crippen molar-refractivity contribution in [3.8, 4) is 11.5 Å². The molecule has 0 bridgehead atoms. The molecule has 0 aromatic carbocycles. The van der Waals surface area contributed by atoms with Gasteiger partial charge in [0.25, 0.3) is 0 Å². The molecule has 0 aliphatic heterocycles. The molecule has 0 saturated heterocycles. The van der Waals surface area contributed by atoms with Gasteiger partial charge in [0.1, 0.15) is 11.5 Å². The van der Waals surface area contributed by atoms with E-state index in [9.17, 15) is 4.39 Å². The molecule has 2 aromatic rings. The van der Waals surface area contributed by atoms with Crippen molar-refractivity contribution in [2.24, 2.45) is 0 Å². The van der Waals surface area contributed by atoms with Gasteiger partial charge in [-0.1, -0.05) is 0 Å². The molecule has 1 aliphatic rings. The minimum absolute atomic E-state index is 0.326. The summed E-state index contributed by atoms with van der Waals surface area (Å²) in [6, 6.07) is 3.02. The lowest BCUT2D eigenvalue weighted by Gasteiger charge is -1.95. The fourth-order valence-corrected chi connectivity index (χ4v) is 1.58. The Morgan fingerprint density at radius 2 is 2.07 bits per heavy atom. The summed E-state index contributed by atoms with van der Waals surface area (Å²) in [5.74, 6) is 1.04. The van der Waals surface area contributed by atoms with Crippen LogP contribution in [0.5, 0.6) is 0 Å². The third kappa shape index (κ3) is 1.63. The lowest BCUT2D eigenvalue weighted by atomic mass is 10.3. The van der Waals surface area contributed by atoms with Crippen LogP contribution < -0.4 is 0 Å². The summed E-state index contributed by atoms with van der Waals surface area (Å²) in [6.45, 7) is 0. The van der Waals surface area contributed by atoms with Crippen molar-refractivity contribution < 1.29 is 4.39 Å². The predicted octanol–water partition coefficient (Wildman–Crippen LogP) is 2.49. The maximum atomic E-state index is 12.7. The number of nitrogens with zero attached hydrogens (tertiary/aromatic N) is 2. The number of aromatic nitrogens is 3. The van der Waals surface area contributed by atoms with E-state index in [1.165, 1.54) is 25.1 Å². The van der Waals surface area contributed by atoms with Gasteiger partial charge in [0, 0.05) is 17.8 Å². The highest BCUT2D eigenvalue weighted by atomic mass is 19.1. The van der Waals surface area contributed by atoms with Gasteiger partial charge in [-0.3, -0.25) is 0 Å². The quantitative estimate of drug-likeness (QED) is 0.814. The largest absolute Gasteiger partial charge is 0.340 e. The van der Waals surface area contributed by atoms with E-state index < -0.39 is 0 Å². The molecular weight excluding hydrogens is 193 g/mol. The van der Waals surface area contributed by atoms with Crippen LogP contribution in [0, 0.1) is 5.82 Å². The molecule has 1 fully saturated rings. The van der Waals surface area contributed by atoms with Crippen LogP contribution in [-0.2, 0) is 0 Å². The molecule has 1 aliphatic carbocycles. The van der Waals surface area contributed by atoms with Crippen LogP contribution in [-0.4, -0.2) is 15.0 Å². The first-order valence-electron chi connectivity index (χ1n) is 5.00. The van der Waals surface area contributed by atoms with Gasteiger partial charge in [-0.15, -0.1) is 0 Å². The van der Waals surface area contributed by atoms with Crippen molar-refractivity contribution in [1.29, 1.82) is 0 Å². The predicted molar refractivity (Wildman–Crippen MR) is 53.8 cm³/mol. The van der Waals surface area contributed by atoms with Crippen LogP contribution >= 0.6 is 0 Å². The molecule has 1 N–H and O–H groups in total. The maximum absolute atomic E-state index is 12.7. The second kappa shape index (κ2) is 3.15. The summed E-state index contributed by atoms with van der Waals surface area (Å²) < 4.78 is 12.7. The van der Waals surface area contributed by atoms with Crippen molar-refractivity contribution >= 4 is 0 Å². The Morgan fingerprint density at radius 3 is 2.73 bits per heavy atom. The molecule has 0 unspecified atom stereocenters. The summed E-state index contributed by atoms with van der Waals surface area (Å²) in [6.07, 6.45) is 5.52. The first-order valence-corrected chi connectivity index (χ1v) is 5.00. The molecule has 2 heterocycles. The van der Waals surface area contributed by atoms with Crippen LogP contribution in [0.2, 0.25) is 0 Å². The topological polar surface area (TPSA) is 41.6 Å². The van der Waals surface area contributed by atoms with E-state index >= 15 is 0 Å². The molecule has 3 rings (SSSR count). The van der Waals surface area contributed by atoms with Crippen LogP contribution in [0.4, 0.5) is 4.39 Å². The van der Waals surface area contributed by atoms with E-state index in [1.807, 2.05) is 6.20 Å². The molecule has 0 radical (unpaired) electrons. The SMILES string of the molecule is Fc1ccc(-c2ncc(C3CC3)[nH]2)nc1. The van der Waals surface area contributed by atoms with Crippen LogP contribution in [0.3, 0.4) is 0 Å². The standard InChI is InChI=1S/C11H10FN3/c12-8-3-4-9(13-5-8)11-14-6-10(15-11)7-1-2-7/h3-7H,1-2H2,(H,14,15). The monoisotopic (exact) mass is 203 g/mol. The normalized spacial score (nSPS) is 15.5. The number of halogens is 1. The first kappa shape index (κ1) is 8.59. The molecule has 4 heteroatoms. The van der Waals surface area contributed by atoms with E-state index in [1.54, 1.807) is 6.07 Å². The van der Waals surface area contributed by atoms with E-state index in [0.29, 0.717) is 11.6 Å². The zero-order valence-corrected chi connectivity index (χ0v) is 8.07. The lowest BCUT2D eigenvalue weighted by Crippen LogP contribution is -1.86. The number of H-pyrrole nitrogens is 1. The highest BCUT2D eigenvalue weighted by Gasteiger charge is 2.25. The number of nitrogens with one attached hydrogen (secondary N) is 1. The lowest BCUT2D eigenvalue weighted by molar-refractivity contribution is 0.621. The average molecular weight is 203 g/mol. The summed E-state index contributed by atoms with van der Waals surface area (Å²) in [5, 5.41) is 0. The van der Waals surface area contributed by atoms with Crippen molar-refractivity contribution in [1.82, 2.24) is 15.0 Å². The minimum atomic E-state index is -0.326. The molecule has 0 spiro atoms. The van der Waals surface area contributed by atoms with Gasteiger partial charge in [-0.05, 0) is 25.0 Å². The first-order chi connectivity index (χ1) is 7.33. The molecule has 0 amide bonds. The Morgan fingerprint density at radius 1 is 1.20 bits per heavy atom. The second-order valence-electron chi connectivity index (χ2n) is 3.82. The third-order valence-electron chi connectivity index (χ3n) is 2.58. The smallest absolute Gasteiger partial charge is 0.156 e. The zero-order valence-electron chi connectivity index (χ0n) is 8.07. The summed E-state index contributed by atoms with van der Waals surface area (Å²) in [5.41, 5.74) is 1.85. The van der Waals surface area contributed by atoms with Crippen LogP contribution in [0.15, 0.2) is 24.5 Å². The number of imidazole rings is 1. The Hall–Kier alpha value is -1.71. The van der Waals surface area contributed by atoms with Gasteiger partial charge < -0.3 is 4.98 Å². The highest BCUT2D eigenvalue weighted by molar-refractivity contribution is 5.49. The zero-order chi connectivity index (χ0) is 10.3. The molecule has 15 heavy (non-hydrogen) atoms. The van der Waals surface area contributed by atoms with E-state index in [2.05, 4.69) is 15.0 Å². The number of aromatic amines is 1. The highest BCUT2D eigenvalue weighted by Crippen LogP contribution is 2.39. The third-order valence-corrected chi connectivity index (χ3v) is 2.58. The Labute approximate surface area is 86.4 Å². The summed E-state index contributed by atoms with van der Waals surface area (Å²) in [7, 11) is 0. The average Bonchev–Trinajstić information content (AvgIpc) is 2.99. The molecule has 76 valence electrons. The Bertz CT molecular complexity index is 471. The van der Waals surface area contributed by atoms with Crippen molar-refractivity contribution in [3.63, 3.8) is 0 Å². The van der Waals surface area contributed by atoms with Gasteiger partial charge in [0.15, 0.2) is 5.82 Å². The van der Waals surface area contributed by atoms with Crippen molar-refractivity contribution in [2.45, 2.75) is 18.8 Å². The summed E-state index contributed by atoms with van der Waals surface area (Å²) in [4.78, 5) is 11.4. The fourth-order valence-electron chi connectivity index (χ4n) is 1.58. The van der Waals surface area contributed by atoms with Gasteiger partial charge >= 0.3 is 0 Å². The van der Waals surface area contributed by atoms with Gasteiger partial charge in [0.2, 0.25) is 0 Å². The fraction of sp³-hybridized carbons (Fsp3) is 0.273. The Kier molecular flexibility index (Phi) is 1.80. The van der Waals surface area contributed by atoms with Gasteiger partial charge in [-0.2, -0.15) is 0 Å². The van der Waals surface area contributed by atoms with Crippen LogP contribution in [0.25, 0.3) is 11.5 Å². The van der Waals surface area contributed by atoms with E-state index in [4.69, 9.17) is 0 Å². The number of rotatable bonds is 2. The number of pyridine rings is 1. The van der Waals surface area contributed by atoms with Crippen molar-refractivity contribution in [3.05, 3.63) is 36.0 Å². The minimum Gasteiger partial charge on any atom is -0.340 e. The second-order valence-corrected chi connectivity index (χ2v) is 3.82. The van der Waals surface area contributed by atoms with Gasteiger partial charge in [-0.25, -0.2) is 14.4 Å². The van der Waals surface area contributed by atoms with Crippen molar-refractivity contribution in [2.75, 3.05) is 0 Å². The van der Waals surface area contributed by atoms with E-state index in [0.717, 1.165) is 11.5 Å². The maximum Gasteiger partial charge on any atom is 0.156 e. The molecule has 2 aromatic heterocycles.